The molecule has 0 radical (unpaired) electrons. The van der Waals surface area contributed by atoms with E-state index in [1.807, 2.05) is 0 Å². The summed E-state index contributed by atoms with van der Waals surface area (Å²) in [5, 5.41) is 0.623. The van der Waals surface area contributed by atoms with Crippen molar-refractivity contribution in [1.29, 1.82) is 0 Å². The summed E-state index contributed by atoms with van der Waals surface area (Å²) < 4.78 is 10.5. The molecular weight excluding hydrogens is 306 g/mol. The highest BCUT2D eigenvalue weighted by molar-refractivity contribution is 6.30. The second-order valence-corrected chi connectivity index (χ2v) is 4.82. The molecule has 0 atom stereocenters. The Kier molecular flexibility index (Phi) is 5.38. The number of esters is 1. The van der Waals surface area contributed by atoms with E-state index in [0.717, 1.165) is 0 Å². The Bertz CT molecular complexity index is 653. The van der Waals surface area contributed by atoms with Gasteiger partial charge in [0, 0.05) is 10.6 Å². The van der Waals surface area contributed by atoms with Crippen LogP contribution >= 0.6 is 11.6 Å². The molecule has 0 fully saturated rings. The highest BCUT2D eigenvalue weighted by Gasteiger charge is 2.08. The number of primary amides is 1. The molecule has 114 valence electrons. The Morgan fingerprint density at radius 3 is 2.09 bits per heavy atom. The first-order valence-electron chi connectivity index (χ1n) is 6.51. The van der Waals surface area contributed by atoms with Crippen LogP contribution in [-0.2, 0) is 4.74 Å². The topological polar surface area (TPSA) is 78.6 Å². The number of halogens is 1. The molecule has 2 aromatic rings. The SMILES string of the molecule is NC(=O)c1ccc(C(=O)OCCOc2ccc(Cl)cc2)cc1. The molecule has 6 heteroatoms. The van der Waals surface area contributed by atoms with Crippen LogP contribution in [0, 0.1) is 0 Å². The smallest absolute Gasteiger partial charge is 0.338 e. The minimum Gasteiger partial charge on any atom is -0.490 e. The average molecular weight is 320 g/mol. The van der Waals surface area contributed by atoms with Crippen molar-refractivity contribution in [3.8, 4) is 5.75 Å². The van der Waals surface area contributed by atoms with Gasteiger partial charge in [-0.1, -0.05) is 11.6 Å². The zero-order chi connectivity index (χ0) is 15.9. The van der Waals surface area contributed by atoms with Gasteiger partial charge in [-0.2, -0.15) is 0 Å². The number of hydrogen-bond donors (Lipinski definition) is 1. The Morgan fingerprint density at radius 2 is 1.50 bits per heavy atom. The Labute approximate surface area is 132 Å². The lowest BCUT2D eigenvalue weighted by molar-refractivity contribution is 0.0450. The van der Waals surface area contributed by atoms with Gasteiger partial charge in [-0.15, -0.1) is 0 Å². The van der Waals surface area contributed by atoms with Crippen molar-refractivity contribution >= 4 is 23.5 Å². The third-order valence-electron chi connectivity index (χ3n) is 2.80. The van der Waals surface area contributed by atoms with Crippen molar-refractivity contribution in [2.75, 3.05) is 13.2 Å². The molecule has 0 saturated heterocycles. The maximum absolute atomic E-state index is 11.8. The van der Waals surface area contributed by atoms with Crippen LogP contribution < -0.4 is 10.5 Å². The van der Waals surface area contributed by atoms with Crippen LogP contribution in [0.5, 0.6) is 5.75 Å². The molecule has 2 N–H and O–H groups in total. The van der Waals surface area contributed by atoms with Crippen LogP contribution in [0.15, 0.2) is 48.5 Å². The van der Waals surface area contributed by atoms with Crippen LogP contribution in [0.4, 0.5) is 0 Å². The lowest BCUT2D eigenvalue weighted by Crippen LogP contribution is -2.13. The van der Waals surface area contributed by atoms with Crippen molar-refractivity contribution in [3.05, 3.63) is 64.7 Å². The highest BCUT2D eigenvalue weighted by atomic mass is 35.5. The molecule has 0 aliphatic carbocycles. The van der Waals surface area contributed by atoms with Gasteiger partial charge in [0.2, 0.25) is 5.91 Å². The number of carbonyl (C=O) groups excluding carboxylic acids is 2. The fourth-order valence-corrected chi connectivity index (χ4v) is 1.80. The fraction of sp³-hybridized carbons (Fsp3) is 0.125. The quantitative estimate of drug-likeness (QED) is 0.656. The average Bonchev–Trinajstić information content (AvgIpc) is 2.53. The van der Waals surface area contributed by atoms with E-state index >= 15 is 0 Å². The fourth-order valence-electron chi connectivity index (χ4n) is 1.68. The summed E-state index contributed by atoms with van der Waals surface area (Å²) in [7, 11) is 0. The summed E-state index contributed by atoms with van der Waals surface area (Å²) in [6, 6.07) is 12.8. The second kappa shape index (κ2) is 7.47. The van der Waals surface area contributed by atoms with Crippen molar-refractivity contribution < 1.29 is 19.1 Å². The third kappa shape index (κ3) is 4.49. The van der Waals surface area contributed by atoms with Crippen molar-refractivity contribution in [2.45, 2.75) is 0 Å². The summed E-state index contributed by atoms with van der Waals surface area (Å²) in [5.74, 6) is -0.390. The standard InChI is InChI=1S/C16H14ClNO4/c17-13-5-7-14(8-6-13)21-9-10-22-16(20)12-3-1-11(2-4-12)15(18)19/h1-8H,9-10H2,(H2,18,19). The van der Waals surface area contributed by atoms with Gasteiger partial charge in [-0.25, -0.2) is 4.79 Å². The zero-order valence-corrected chi connectivity index (χ0v) is 12.4. The molecule has 0 aliphatic heterocycles. The lowest BCUT2D eigenvalue weighted by Gasteiger charge is -2.07. The molecule has 1 amide bonds. The van der Waals surface area contributed by atoms with Crippen molar-refractivity contribution in [2.24, 2.45) is 5.73 Å². The third-order valence-corrected chi connectivity index (χ3v) is 3.06. The van der Waals surface area contributed by atoms with Gasteiger partial charge in [-0.05, 0) is 48.5 Å². The van der Waals surface area contributed by atoms with Crippen LogP contribution in [0.3, 0.4) is 0 Å². The lowest BCUT2D eigenvalue weighted by atomic mass is 10.1. The van der Waals surface area contributed by atoms with Crippen molar-refractivity contribution in [3.63, 3.8) is 0 Å². The summed E-state index contributed by atoms with van der Waals surface area (Å²) >= 11 is 5.76. The number of rotatable bonds is 6. The van der Waals surface area contributed by atoms with Gasteiger partial charge < -0.3 is 15.2 Å². The minimum absolute atomic E-state index is 0.110. The molecule has 0 aromatic heterocycles. The summed E-state index contributed by atoms with van der Waals surface area (Å²) in [6.07, 6.45) is 0. The van der Waals surface area contributed by atoms with Crippen molar-refractivity contribution in [1.82, 2.24) is 0 Å². The van der Waals surface area contributed by atoms with E-state index in [0.29, 0.717) is 21.9 Å². The summed E-state index contributed by atoms with van der Waals surface area (Å²) in [6.45, 7) is 0.339. The van der Waals surface area contributed by atoms with E-state index in [2.05, 4.69) is 0 Å². The number of benzene rings is 2. The highest BCUT2D eigenvalue weighted by Crippen LogP contribution is 2.15. The number of amides is 1. The maximum Gasteiger partial charge on any atom is 0.338 e. The summed E-state index contributed by atoms with van der Waals surface area (Å²) in [4.78, 5) is 22.7. The van der Waals surface area contributed by atoms with E-state index in [1.54, 1.807) is 24.3 Å². The normalized spacial score (nSPS) is 10.0. The van der Waals surface area contributed by atoms with Gasteiger partial charge in [-0.3, -0.25) is 4.79 Å². The van der Waals surface area contributed by atoms with E-state index in [4.69, 9.17) is 26.8 Å². The zero-order valence-electron chi connectivity index (χ0n) is 11.6. The summed E-state index contributed by atoms with van der Waals surface area (Å²) in [5.41, 5.74) is 5.80. The molecule has 0 saturated carbocycles. The van der Waals surface area contributed by atoms with E-state index in [1.165, 1.54) is 24.3 Å². The largest absolute Gasteiger partial charge is 0.490 e. The molecule has 22 heavy (non-hydrogen) atoms. The molecule has 0 bridgehead atoms. The van der Waals surface area contributed by atoms with Crippen LogP contribution in [0.2, 0.25) is 5.02 Å². The number of nitrogens with two attached hydrogens (primary N) is 1. The monoisotopic (exact) mass is 319 g/mol. The van der Waals surface area contributed by atoms with Crippen LogP contribution in [-0.4, -0.2) is 25.1 Å². The van der Waals surface area contributed by atoms with Gasteiger partial charge in [0.05, 0.1) is 5.56 Å². The molecule has 2 rings (SSSR count). The van der Waals surface area contributed by atoms with Gasteiger partial charge >= 0.3 is 5.97 Å². The molecular formula is C16H14ClNO4. The van der Waals surface area contributed by atoms with Gasteiger partial charge in [0.1, 0.15) is 19.0 Å². The van der Waals surface area contributed by atoms with Crippen LogP contribution in [0.25, 0.3) is 0 Å². The Morgan fingerprint density at radius 1 is 0.909 bits per heavy atom. The first kappa shape index (κ1) is 15.9. The van der Waals surface area contributed by atoms with E-state index < -0.39 is 11.9 Å². The second-order valence-electron chi connectivity index (χ2n) is 4.38. The first-order valence-corrected chi connectivity index (χ1v) is 6.89. The number of carbonyl (C=O) groups is 2. The van der Waals surface area contributed by atoms with E-state index in [9.17, 15) is 9.59 Å². The molecule has 0 heterocycles. The number of ether oxygens (including phenoxy) is 2. The molecule has 0 aliphatic rings. The molecule has 2 aromatic carbocycles. The molecule has 5 nitrogen and oxygen atoms in total. The Hall–Kier alpha value is -2.53. The minimum atomic E-state index is -0.545. The first-order chi connectivity index (χ1) is 10.6. The Balaban J connectivity index is 1.77. The maximum atomic E-state index is 11.8. The molecule has 0 spiro atoms. The predicted molar refractivity (Wildman–Crippen MR) is 82.2 cm³/mol. The van der Waals surface area contributed by atoms with E-state index in [-0.39, 0.29) is 13.2 Å². The van der Waals surface area contributed by atoms with Crippen LogP contribution in [0.1, 0.15) is 20.7 Å². The predicted octanol–water partition coefficient (Wildman–Crippen LogP) is 2.67. The van der Waals surface area contributed by atoms with Gasteiger partial charge in [0.25, 0.3) is 0 Å². The van der Waals surface area contributed by atoms with Gasteiger partial charge in [0.15, 0.2) is 0 Å². The number of hydrogen-bond acceptors (Lipinski definition) is 4. The molecule has 0 unspecified atom stereocenters.